The molecule has 11 nitrogen and oxygen atoms in total. The molecule has 0 aliphatic carbocycles. The van der Waals surface area contributed by atoms with E-state index in [0.29, 0.717) is 51.7 Å². The van der Waals surface area contributed by atoms with Gasteiger partial charge >= 0.3 is 0 Å². The van der Waals surface area contributed by atoms with Crippen LogP contribution in [0.5, 0.6) is 0 Å². The van der Waals surface area contributed by atoms with Gasteiger partial charge in [0.05, 0.1) is 12.1 Å². The normalized spacial score (nSPS) is 13.6. The lowest BCUT2D eigenvalue weighted by atomic mass is 10.1. The van der Waals surface area contributed by atoms with E-state index in [1.807, 2.05) is 0 Å². The number of ketones is 1. The Morgan fingerprint density at radius 2 is 1.18 bits per heavy atom. The SMILES string of the molecule is CC(=O)CCNC(=O)[C@H](CCCCNC(=O)[C@@H](N)CCCCN)NC(=O)[C@@H](N)CCCCN. The number of rotatable bonds is 20. The van der Waals surface area contributed by atoms with E-state index in [4.69, 9.17) is 22.9 Å². The van der Waals surface area contributed by atoms with Gasteiger partial charge < -0.3 is 38.9 Å². The predicted molar refractivity (Wildman–Crippen MR) is 129 cm³/mol. The van der Waals surface area contributed by atoms with Crippen molar-refractivity contribution in [1.82, 2.24) is 16.0 Å². The maximum Gasteiger partial charge on any atom is 0.242 e. The van der Waals surface area contributed by atoms with Crippen molar-refractivity contribution >= 4 is 23.5 Å². The van der Waals surface area contributed by atoms with Gasteiger partial charge in [-0.05, 0) is 65.0 Å². The first-order valence-electron chi connectivity index (χ1n) is 12.0. The number of nitrogens with one attached hydrogen (secondary N) is 3. The third-order valence-corrected chi connectivity index (χ3v) is 5.24. The number of carbonyl (C=O) groups is 4. The Labute approximate surface area is 197 Å². The molecular formula is C22H45N7O4. The summed E-state index contributed by atoms with van der Waals surface area (Å²) in [6.07, 6.45) is 6.04. The zero-order valence-corrected chi connectivity index (χ0v) is 20.1. The molecule has 11 N–H and O–H groups in total. The summed E-state index contributed by atoms with van der Waals surface area (Å²) in [4.78, 5) is 48.1. The lowest BCUT2D eigenvalue weighted by Crippen LogP contribution is -2.51. The molecule has 0 radical (unpaired) electrons. The highest BCUT2D eigenvalue weighted by atomic mass is 16.2. The third-order valence-electron chi connectivity index (χ3n) is 5.24. The van der Waals surface area contributed by atoms with Crippen molar-refractivity contribution in [3.63, 3.8) is 0 Å². The van der Waals surface area contributed by atoms with Gasteiger partial charge in [-0.25, -0.2) is 0 Å². The zero-order valence-electron chi connectivity index (χ0n) is 20.1. The van der Waals surface area contributed by atoms with Gasteiger partial charge in [0.25, 0.3) is 0 Å². The Morgan fingerprint density at radius 3 is 1.73 bits per heavy atom. The zero-order chi connectivity index (χ0) is 25.1. The van der Waals surface area contributed by atoms with Crippen LogP contribution < -0.4 is 38.9 Å². The van der Waals surface area contributed by atoms with Gasteiger partial charge in [0.15, 0.2) is 0 Å². The number of hydrogen-bond donors (Lipinski definition) is 7. The number of amides is 3. The molecule has 0 aromatic rings. The standard InChI is InChI=1S/C22H45N7O4/c1-16(30)11-15-28-22(33)19(29-21(32)18(26)9-3-6-13-24)10-4-7-14-27-20(31)17(25)8-2-5-12-23/h17-19H,2-15,23-26H2,1H3,(H,27,31)(H,28,33)(H,29,32)/t17-,18-,19-/m0/s1. The Hall–Kier alpha value is -2.08. The van der Waals surface area contributed by atoms with Crippen LogP contribution in [0.3, 0.4) is 0 Å². The molecule has 0 spiro atoms. The van der Waals surface area contributed by atoms with Crippen LogP contribution in [0.2, 0.25) is 0 Å². The fourth-order valence-electron chi connectivity index (χ4n) is 3.13. The Balaban J connectivity index is 4.55. The van der Waals surface area contributed by atoms with Gasteiger partial charge in [0.2, 0.25) is 17.7 Å². The van der Waals surface area contributed by atoms with Crippen molar-refractivity contribution in [3.05, 3.63) is 0 Å². The summed E-state index contributed by atoms with van der Waals surface area (Å²) < 4.78 is 0. The Morgan fingerprint density at radius 1 is 0.667 bits per heavy atom. The van der Waals surface area contributed by atoms with E-state index in [-0.39, 0.29) is 30.6 Å². The van der Waals surface area contributed by atoms with Crippen LogP contribution in [0.4, 0.5) is 0 Å². The molecule has 0 saturated heterocycles. The van der Waals surface area contributed by atoms with Crippen molar-refractivity contribution in [2.24, 2.45) is 22.9 Å². The van der Waals surface area contributed by atoms with Gasteiger partial charge in [-0.1, -0.05) is 12.8 Å². The molecule has 3 amide bonds. The molecule has 192 valence electrons. The topological polar surface area (TPSA) is 208 Å². The summed E-state index contributed by atoms with van der Waals surface area (Å²) in [6.45, 7) is 3.19. The highest BCUT2D eigenvalue weighted by Gasteiger charge is 2.23. The largest absolute Gasteiger partial charge is 0.355 e. The fourth-order valence-corrected chi connectivity index (χ4v) is 3.13. The maximum atomic E-state index is 12.5. The van der Waals surface area contributed by atoms with E-state index in [0.717, 1.165) is 25.7 Å². The number of Topliss-reactive ketones (excluding diaryl/α,β-unsaturated/α-hetero) is 1. The average molecular weight is 472 g/mol. The van der Waals surface area contributed by atoms with E-state index < -0.39 is 24.0 Å². The van der Waals surface area contributed by atoms with E-state index in [1.54, 1.807) is 0 Å². The first kappa shape index (κ1) is 30.9. The highest BCUT2D eigenvalue weighted by Crippen LogP contribution is 2.05. The second-order valence-corrected chi connectivity index (χ2v) is 8.37. The van der Waals surface area contributed by atoms with Crippen LogP contribution in [-0.2, 0) is 19.2 Å². The van der Waals surface area contributed by atoms with Gasteiger partial charge in [-0.2, -0.15) is 0 Å². The summed E-state index contributed by atoms with van der Waals surface area (Å²) in [5.41, 5.74) is 22.7. The van der Waals surface area contributed by atoms with Crippen LogP contribution in [0, 0.1) is 0 Å². The summed E-state index contributed by atoms with van der Waals surface area (Å²) >= 11 is 0. The second-order valence-electron chi connectivity index (χ2n) is 8.37. The lowest BCUT2D eigenvalue weighted by Gasteiger charge is -2.21. The Bertz CT molecular complexity index is 589. The first-order chi connectivity index (χ1) is 15.7. The average Bonchev–Trinajstić information content (AvgIpc) is 2.77. The van der Waals surface area contributed by atoms with Crippen molar-refractivity contribution < 1.29 is 19.2 Å². The van der Waals surface area contributed by atoms with Crippen molar-refractivity contribution in [3.8, 4) is 0 Å². The molecule has 33 heavy (non-hydrogen) atoms. The highest BCUT2D eigenvalue weighted by molar-refractivity contribution is 5.89. The molecule has 11 heteroatoms. The fraction of sp³-hybridized carbons (Fsp3) is 0.818. The smallest absolute Gasteiger partial charge is 0.242 e. The van der Waals surface area contributed by atoms with Gasteiger partial charge in [0, 0.05) is 19.5 Å². The molecule has 0 aliphatic rings. The molecule has 0 aromatic heterocycles. The number of nitrogens with two attached hydrogens (primary N) is 4. The van der Waals surface area contributed by atoms with Gasteiger partial charge in [-0.15, -0.1) is 0 Å². The molecular weight excluding hydrogens is 426 g/mol. The van der Waals surface area contributed by atoms with Crippen LogP contribution in [0.15, 0.2) is 0 Å². The molecule has 0 aromatic carbocycles. The molecule has 0 fully saturated rings. The number of unbranched alkanes of at least 4 members (excludes halogenated alkanes) is 3. The minimum atomic E-state index is -0.765. The summed E-state index contributed by atoms with van der Waals surface area (Å²) in [5, 5.41) is 8.20. The Kier molecular flexibility index (Phi) is 18.2. The van der Waals surface area contributed by atoms with Crippen LogP contribution in [0.25, 0.3) is 0 Å². The molecule has 0 heterocycles. The maximum absolute atomic E-state index is 12.5. The first-order valence-corrected chi connectivity index (χ1v) is 12.0. The lowest BCUT2D eigenvalue weighted by molar-refractivity contribution is -0.130. The molecule has 0 saturated carbocycles. The second kappa shape index (κ2) is 19.4. The van der Waals surface area contributed by atoms with Crippen molar-refractivity contribution in [2.75, 3.05) is 26.2 Å². The molecule has 3 atom stereocenters. The molecule has 0 bridgehead atoms. The van der Waals surface area contributed by atoms with Gasteiger partial charge in [-0.3, -0.25) is 19.2 Å². The van der Waals surface area contributed by atoms with E-state index >= 15 is 0 Å². The number of carbonyl (C=O) groups excluding carboxylic acids is 4. The monoisotopic (exact) mass is 471 g/mol. The van der Waals surface area contributed by atoms with Crippen LogP contribution in [0.1, 0.15) is 71.1 Å². The van der Waals surface area contributed by atoms with E-state index in [9.17, 15) is 19.2 Å². The minimum absolute atomic E-state index is 0.0326. The van der Waals surface area contributed by atoms with E-state index in [1.165, 1.54) is 6.92 Å². The van der Waals surface area contributed by atoms with E-state index in [2.05, 4.69) is 16.0 Å². The number of hydrogen-bond acceptors (Lipinski definition) is 8. The summed E-state index contributed by atoms with van der Waals surface area (Å²) in [5.74, 6) is -0.989. The van der Waals surface area contributed by atoms with Crippen LogP contribution >= 0.6 is 0 Å². The van der Waals surface area contributed by atoms with Crippen molar-refractivity contribution in [1.29, 1.82) is 0 Å². The third kappa shape index (κ3) is 16.2. The molecule has 0 unspecified atom stereocenters. The summed E-state index contributed by atoms with van der Waals surface area (Å²) in [7, 11) is 0. The minimum Gasteiger partial charge on any atom is -0.355 e. The summed E-state index contributed by atoms with van der Waals surface area (Å²) in [6, 6.07) is -2.04. The van der Waals surface area contributed by atoms with Crippen LogP contribution in [-0.4, -0.2) is 67.8 Å². The van der Waals surface area contributed by atoms with Crippen molar-refractivity contribution in [2.45, 2.75) is 89.3 Å². The predicted octanol–water partition coefficient (Wildman–Crippen LogP) is -1.23. The quantitative estimate of drug-likeness (QED) is 0.107. The molecule has 0 rings (SSSR count). The van der Waals surface area contributed by atoms with Gasteiger partial charge in [0.1, 0.15) is 11.8 Å². The molecule has 0 aliphatic heterocycles.